The molecule has 3 fully saturated rings. The minimum Gasteiger partial charge on any atom is -0.394 e. The van der Waals surface area contributed by atoms with Crippen LogP contribution in [0.2, 0.25) is 0 Å². The van der Waals surface area contributed by atoms with E-state index in [0.29, 0.717) is 0 Å². The van der Waals surface area contributed by atoms with E-state index in [0.717, 1.165) is 6.92 Å². The van der Waals surface area contributed by atoms with E-state index in [1.165, 1.54) is 0 Å². The molecule has 0 aromatic carbocycles. The Labute approximate surface area is 210 Å². The predicted octanol–water partition coefficient (Wildman–Crippen LogP) is -7.43. The smallest absolute Gasteiger partial charge is 0.217 e. The molecule has 0 bridgehead atoms. The highest BCUT2D eigenvalue weighted by molar-refractivity contribution is 5.73. The first-order valence-corrected chi connectivity index (χ1v) is 11.6. The number of aliphatic hydroxyl groups excluding tert-OH is 10. The van der Waals surface area contributed by atoms with Gasteiger partial charge in [-0.3, -0.25) is 4.79 Å². The largest absolute Gasteiger partial charge is 0.394 e. The van der Waals surface area contributed by atoms with Crippen molar-refractivity contribution >= 4 is 5.91 Å². The monoisotopic (exact) mass is 545 g/mol. The van der Waals surface area contributed by atoms with Crippen LogP contribution in [0.4, 0.5) is 0 Å². The highest BCUT2D eigenvalue weighted by Crippen LogP contribution is 2.32. The summed E-state index contributed by atoms with van der Waals surface area (Å²) in [6.07, 6.45) is -23.3. The Kier molecular flexibility index (Phi) is 10.5. The third-order valence-corrected chi connectivity index (χ3v) is 6.49. The van der Waals surface area contributed by atoms with Crippen molar-refractivity contribution in [3.8, 4) is 0 Å². The van der Waals surface area contributed by atoms with E-state index < -0.39 is 118 Å². The number of hydrogen-bond donors (Lipinski definition) is 11. The summed E-state index contributed by atoms with van der Waals surface area (Å²) in [4.78, 5) is 11.6. The second-order valence-electron chi connectivity index (χ2n) is 9.07. The Bertz CT molecular complexity index is 745. The molecule has 1 amide bonds. The Hall–Kier alpha value is -1.13. The fraction of sp³-hybridized carbons (Fsp3) is 0.950. The molecule has 17 nitrogen and oxygen atoms in total. The molecule has 1 unspecified atom stereocenters. The molecule has 3 saturated heterocycles. The summed E-state index contributed by atoms with van der Waals surface area (Å²) in [7, 11) is 0. The molecular weight excluding hydrogens is 510 g/mol. The van der Waals surface area contributed by atoms with E-state index in [1.54, 1.807) is 0 Å². The topological polar surface area (TPSA) is 278 Å². The van der Waals surface area contributed by atoms with Crippen LogP contribution in [0.1, 0.15) is 6.92 Å². The maximum Gasteiger partial charge on any atom is 0.217 e. The summed E-state index contributed by atoms with van der Waals surface area (Å²) in [5.74, 6) is -0.638. The Balaban J connectivity index is 1.77. The summed E-state index contributed by atoms with van der Waals surface area (Å²) in [5.41, 5.74) is 0. The second-order valence-corrected chi connectivity index (χ2v) is 9.07. The van der Waals surface area contributed by atoms with E-state index in [-0.39, 0.29) is 0 Å². The van der Waals surface area contributed by atoms with Crippen LogP contribution in [0.25, 0.3) is 0 Å². The van der Waals surface area contributed by atoms with Gasteiger partial charge in [-0.1, -0.05) is 0 Å². The molecule has 0 radical (unpaired) electrons. The van der Waals surface area contributed by atoms with Crippen molar-refractivity contribution in [1.29, 1.82) is 0 Å². The van der Waals surface area contributed by atoms with Gasteiger partial charge < -0.3 is 80.1 Å². The molecular formula is C20H35NO16. The first-order valence-electron chi connectivity index (χ1n) is 11.6. The third-order valence-electron chi connectivity index (χ3n) is 6.49. The Morgan fingerprint density at radius 3 is 1.76 bits per heavy atom. The van der Waals surface area contributed by atoms with Crippen molar-refractivity contribution in [2.45, 2.75) is 99.0 Å². The molecule has 3 heterocycles. The highest BCUT2D eigenvalue weighted by atomic mass is 16.7. The van der Waals surface area contributed by atoms with Crippen LogP contribution in [0.15, 0.2) is 0 Å². The lowest BCUT2D eigenvalue weighted by atomic mass is 9.95. The molecule has 216 valence electrons. The molecule has 0 aliphatic carbocycles. The van der Waals surface area contributed by atoms with Crippen LogP contribution in [0.3, 0.4) is 0 Å². The molecule has 37 heavy (non-hydrogen) atoms. The van der Waals surface area contributed by atoms with Crippen molar-refractivity contribution < 1.29 is 79.5 Å². The van der Waals surface area contributed by atoms with Gasteiger partial charge in [0.05, 0.1) is 19.8 Å². The number of ether oxygens (including phenoxy) is 5. The number of carbonyl (C=O) groups is 1. The van der Waals surface area contributed by atoms with Crippen molar-refractivity contribution in [1.82, 2.24) is 5.32 Å². The molecule has 0 spiro atoms. The number of carbonyl (C=O) groups excluding carboxylic acids is 1. The quantitative estimate of drug-likeness (QED) is 0.135. The molecule has 3 aliphatic heterocycles. The molecule has 0 saturated carbocycles. The molecule has 3 rings (SSSR count). The lowest BCUT2D eigenvalue weighted by Gasteiger charge is -2.48. The molecule has 3 aliphatic rings. The summed E-state index contributed by atoms with van der Waals surface area (Å²) in [6.45, 7) is -1.20. The number of amides is 1. The standard InChI is InChI=1S/C20H35NO16/c1-5(25)21-9-12(28)10(26)6(2-22)34-19(9)36-16-8(4-24)35-20(14(30)13(16)29)37-17-11(27)7(3-23)33-18(32)15(17)31/h6-20,22-24,26-32H,2-4H2,1H3,(H,21,25)/t6-,7-,8-,9-,10+,11-,12-,13-,14-,15-,16+,17+,18?,19+,20+/m1/s1. The van der Waals surface area contributed by atoms with Crippen LogP contribution in [-0.2, 0) is 28.5 Å². The maximum absolute atomic E-state index is 11.6. The van der Waals surface area contributed by atoms with Crippen LogP contribution < -0.4 is 5.32 Å². The van der Waals surface area contributed by atoms with Gasteiger partial charge in [0.25, 0.3) is 0 Å². The van der Waals surface area contributed by atoms with Gasteiger partial charge in [0, 0.05) is 6.92 Å². The molecule has 15 atom stereocenters. The lowest BCUT2D eigenvalue weighted by Crippen LogP contribution is -2.68. The van der Waals surface area contributed by atoms with Gasteiger partial charge in [-0.2, -0.15) is 0 Å². The van der Waals surface area contributed by atoms with E-state index in [4.69, 9.17) is 23.7 Å². The van der Waals surface area contributed by atoms with Gasteiger partial charge >= 0.3 is 0 Å². The average Bonchev–Trinajstić information content (AvgIpc) is 2.87. The minimum atomic E-state index is -1.94. The van der Waals surface area contributed by atoms with Crippen LogP contribution in [0, 0.1) is 0 Å². The summed E-state index contributed by atoms with van der Waals surface area (Å²) in [5, 5.41) is 103. The zero-order valence-corrected chi connectivity index (χ0v) is 19.7. The minimum absolute atomic E-state index is 0.638. The second kappa shape index (κ2) is 12.8. The predicted molar refractivity (Wildman–Crippen MR) is 113 cm³/mol. The normalized spacial score (nSPS) is 49.0. The number of aliphatic hydroxyl groups is 10. The zero-order valence-electron chi connectivity index (χ0n) is 19.7. The Morgan fingerprint density at radius 2 is 1.19 bits per heavy atom. The number of hydrogen-bond acceptors (Lipinski definition) is 16. The highest BCUT2D eigenvalue weighted by Gasteiger charge is 2.53. The van der Waals surface area contributed by atoms with Crippen molar-refractivity contribution in [2.24, 2.45) is 0 Å². The summed E-state index contributed by atoms with van der Waals surface area (Å²) in [6, 6.07) is -1.39. The zero-order chi connectivity index (χ0) is 27.6. The molecule has 17 heteroatoms. The summed E-state index contributed by atoms with van der Waals surface area (Å²) < 4.78 is 26.8. The van der Waals surface area contributed by atoms with Gasteiger partial charge in [-0.05, 0) is 0 Å². The van der Waals surface area contributed by atoms with E-state index in [2.05, 4.69) is 5.32 Å². The van der Waals surface area contributed by atoms with Crippen molar-refractivity contribution in [2.75, 3.05) is 19.8 Å². The molecule has 0 aromatic rings. The third kappa shape index (κ3) is 6.38. The molecule has 0 aromatic heterocycles. The number of rotatable bonds is 8. The van der Waals surface area contributed by atoms with E-state index in [1.807, 2.05) is 0 Å². The maximum atomic E-state index is 11.6. The van der Waals surface area contributed by atoms with E-state index in [9.17, 15) is 55.9 Å². The van der Waals surface area contributed by atoms with Crippen LogP contribution in [0.5, 0.6) is 0 Å². The first-order chi connectivity index (χ1) is 17.4. The van der Waals surface area contributed by atoms with E-state index >= 15 is 0 Å². The van der Waals surface area contributed by atoms with Gasteiger partial charge in [0.1, 0.15) is 73.2 Å². The molecule has 11 N–H and O–H groups in total. The van der Waals surface area contributed by atoms with Gasteiger partial charge in [0.2, 0.25) is 5.91 Å². The Morgan fingerprint density at radius 1 is 0.649 bits per heavy atom. The van der Waals surface area contributed by atoms with Crippen LogP contribution in [-0.4, -0.2) is 169 Å². The first kappa shape index (κ1) is 30.4. The van der Waals surface area contributed by atoms with Crippen molar-refractivity contribution in [3.63, 3.8) is 0 Å². The van der Waals surface area contributed by atoms with Gasteiger partial charge in [-0.25, -0.2) is 0 Å². The fourth-order valence-electron chi connectivity index (χ4n) is 4.46. The van der Waals surface area contributed by atoms with Crippen LogP contribution >= 0.6 is 0 Å². The fourth-order valence-corrected chi connectivity index (χ4v) is 4.46. The van der Waals surface area contributed by atoms with Crippen molar-refractivity contribution in [3.05, 3.63) is 0 Å². The van der Waals surface area contributed by atoms with Gasteiger partial charge in [-0.15, -0.1) is 0 Å². The summed E-state index contributed by atoms with van der Waals surface area (Å²) >= 11 is 0. The SMILES string of the molecule is CC(=O)N[C@H]1[C@H](O[C@@H]2[C@H](O)[C@@H](O)[C@H](O[C@H]3[C@H](O)[C@@H](CO)OC(O)[C@@H]3O)O[C@@H]2CO)O[C@H](CO)[C@H](O)[C@@H]1O. The average molecular weight is 545 g/mol. The van der Waals surface area contributed by atoms with Gasteiger partial charge in [0.15, 0.2) is 18.9 Å². The lowest BCUT2D eigenvalue weighted by molar-refractivity contribution is -0.372. The number of nitrogens with one attached hydrogen (secondary N) is 1.